The molecule has 0 spiro atoms. The van der Waals surface area contributed by atoms with Gasteiger partial charge in [0.1, 0.15) is 35.8 Å². The summed E-state index contributed by atoms with van der Waals surface area (Å²) in [6, 6.07) is 4.48. The second-order valence-electron chi connectivity index (χ2n) is 5.35. The van der Waals surface area contributed by atoms with Gasteiger partial charge in [0, 0.05) is 18.5 Å². The molecule has 1 aromatic carbocycles. The van der Waals surface area contributed by atoms with E-state index in [0.29, 0.717) is 22.2 Å². The number of esters is 1. The van der Waals surface area contributed by atoms with Gasteiger partial charge in [-0.3, -0.25) is 4.79 Å². The zero-order valence-corrected chi connectivity index (χ0v) is 14.5. The van der Waals surface area contributed by atoms with Gasteiger partial charge in [0.25, 0.3) is 0 Å². The fraction of sp³-hybridized carbons (Fsp3) is 0.312. The molecule has 8 nitrogen and oxygen atoms in total. The molecular formula is C16H17N3O5S. The number of carbonyl (C=O) groups is 2. The number of likely N-dealkylation sites (N-methyl/N-ethyl adjacent to an activating group) is 1. The van der Waals surface area contributed by atoms with Crippen molar-refractivity contribution in [2.24, 2.45) is 5.73 Å². The number of thiazole rings is 1. The highest BCUT2D eigenvalue weighted by Crippen LogP contribution is 2.34. The van der Waals surface area contributed by atoms with Crippen molar-refractivity contribution in [2.45, 2.75) is 12.6 Å². The third-order valence-electron chi connectivity index (χ3n) is 3.67. The quantitative estimate of drug-likeness (QED) is 0.814. The smallest absolute Gasteiger partial charge is 0.357 e. The Morgan fingerprint density at radius 3 is 3.08 bits per heavy atom. The van der Waals surface area contributed by atoms with Crippen LogP contribution in [0.3, 0.4) is 0 Å². The van der Waals surface area contributed by atoms with E-state index in [1.807, 2.05) is 0 Å². The average Bonchev–Trinajstić information content (AvgIpc) is 3.08. The maximum absolute atomic E-state index is 12.1. The van der Waals surface area contributed by atoms with Gasteiger partial charge in [0.15, 0.2) is 5.69 Å². The van der Waals surface area contributed by atoms with E-state index in [9.17, 15) is 9.59 Å². The van der Waals surface area contributed by atoms with Crippen molar-refractivity contribution in [3.63, 3.8) is 0 Å². The van der Waals surface area contributed by atoms with Crippen LogP contribution in [0, 0.1) is 0 Å². The number of rotatable bonds is 4. The van der Waals surface area contributed by atoms with E-state index in [2.05, 4.69) is 9.72 Å². The summed E-state index contributed by atoms with van der Waals surface area (Å²) in [5, 5.41) is 2.25. The Morgan fingerprint density at radius 1 is 1.52 bits per heavy atom. The van der Waals surface area contributed by atoms with Crippen LogP contribution in [0.2, 0.25) is 0 Å². The van der Waals surface area contributed by atoms with Gasteiger partial charge in [-0.2, -0.15) is 0 Å². The fourth-order valence-electron chi connectivity index (χ4n) is 2.31. The Kier molecular flexibility index (Phi) is 4.86. The molecule has 9 heteroatoms. The van der Waals surface area contributed by atoms with Gasteiger partial charge in [-0.05, 0) is 12.1 Å². The summed E-state index contributed by atoms with van der Waals surface area (Å²) >= 11 is 1.30. The van der Waals surface area contributed by atoms with Crippen LogP contribution in [-0.4, -0.2) is 43.7 Å². The number of fused-ring (bicyclic) bond motifs is 1. The predicted octanol–water partition coefficient (Wildman–Crippen LogP) is 1.19. The lowest BCUT2D eigenvalue weighted by atomic mass is 10.2. The lowest BCUT2D eigenvalue weighted by molar-refractivity contribution is -0.119. The number of ether oxygens (including phenoxy) is 3. The van der Waals surface area contributed by atoms with Crippen molar-refractivity contribution in [3.05, 3.63) is 34.3 Å². The Hall–Kier alpha value is -2.65. The molecular weight excluding hydrogens is 346 g/mol. The first kappa shape index (κ1) is 17.2. The lowest BCUT2D eigenvalue weighted by Gasteiger charge is -2.18. The van der Waals surface area contributed by atoms with Crippen LogP contribution < -0.4 is 20.1 Å². The number of anilines is 1. The number of benzene rings is 1. The zero-order chi connectivity index (χ0) is 18.0. The maximum Gasteiger partial charge on any atom is 0.357 e. The van der Waals surface area contributed by atoms with Crippen LogP contribution in [0.25, 0.3) is 0 Å². The summed E-state index contributed by atoms with van der Waals surface area (Å²) in [5.41, 5.74) is 6.61. The Balaban J connectivity index is 1.73. The number of hydrogen-bond donors (Lipinski definition) is 1. The number of methoxy groups -OCH3 is 1. The highest BCUT2D eigenvalue weighted by molar-refractivity contribution is 7.09. The second-order valence-corrected chi connectivity index (χ2v) is 6.29. The molecule has 0 bridgehead atoms. The molecule has 2 aromatic rings. The summed E-state index contributed by atoms with van der Waals surface area (Å²) in [4.78, 5) is 29.1. The van der Waals surface area contributed by atoms with E-state index in [0.717, 1.165) is 0 Å². The molecule has 1 aliphatic heterocycles. The monoisotopic (exact) mass is 363 g/mol. The lowest BCUT2D eigenvalue weighted by Crippen LogP contribution is -2.43. The highest BCUT2D eigenvalue weighted by Gasteiger charge is 2.26. The second kappa shape index (κ2) is 7.08. The van der Waals surface area contributed by atoms with Gasteiger partial charge in [0.05, 0.1) is 12.8 Å². The summed E-state index contributed by atoms with van der Waals surface area (Å²) in [5.74, 6) is 0.408. The molecule has 132 valence electrons. The zero-order valence-electron chi connectivity index (χ0n) is 13.7. The summed E-state index contributed by atoms with van der Waals surface area (Å²) in [6.45, 7) is 0.324. The molecule has 0 radical (unpaired) electrons. The number of carbonyl (C=O) groups excluding carboxylic acids is 2. The molecule has 1 atom stereocenters. The van der Waals surface area contributed by atoms with Crippen molar-refractivity contribution in [1.82, 2.24) is 4.98 Å². The van der Waals surface area contributed by atoms with E-state index < -0.39 is 12.0 Å². The molecule has 0 saturated carbocycles. The minimum atomic E-state index is -0.700. The van der Waals surface area contributed by atoms with Gasteiger partial charge in [-0.25, -0.2) is 9.78 Å². The SMILES string of the molecule is COC(=O)c1csc(COc2ccc3c(c2)N(C)C(=O)[C@@H](N)CO3)n1. The van der Waals surface area contributed by atoms with E-state index in [1.165, 1.54) is 23.3 Å². The van der Waals surface area contributed by atoms with E-state index >= 15 is 0 Å². The molecule has 1 aromatic heterocycles. The molecule has 25 heavy (non-hydrogen) atoms. The van der Waals surface area contributed by atoms with Gasteiger partial charge < -0.3 is 24.8 Å². The normalized spacial score (nSPS) is 16.7. The summed E-state index contributed by atoms with van der Waals surface area (Å²) < 4.78 is 15.9. The van der Waals surface area contributed by atoms with Crippen molar-refractivity contribution in [1.29, 1.82) is 0 Å². The molecule has 0 fully saturated rings. The van der Waals surface area contributed by atoms with E-state index in [1.54, 1.807) is 30.6 Å². The van der Waals surface area contributed by atoms with Crippen LogP contribution in [0.5, 0.6) is 11.5 Å². The van der Waals surface area contributed by atoms with Crippen LogP contribution in [0.1, 0.15) is 15.5 Å². The molecule has 2 N–H and O–H groups in total. The van der Waals surface area contributed by atoms with E-state index in [-0.39, 0.29) is 24.8 Å². The minimum Gasteiger partial charge on any atom is -0.489 e. The fourth-order valence-corrected chi connectivity index (χ4v) is 2.98. The van der Waals surface area contributed by atoms with Gasteiger partial charge in [-0.15, -0.1) is 11.3 Å². The van der Waals surface area contributed by atoms with Crippen molar-refractivity contribution >= 4 is 28.9 Å². The molecule has 2 heterocycles. The van der Waals surface area contributed by atoms with Crippen molar-refractivity contribution in [2.75, 3.05) is 25.7 Å². The highest BCUT2D eigenvalue weighted by atomic mass is 32.1. The summed E-state index contributed by atoms with van der Waals surface area (Å²) in [7, 11) is 2.95. The first-order chi connectivity index (χ1) is 12.0. The topological polar surface area (TPSA) is 104 Å². The Bertz CT molecular complexity index is 807. The standard InChI is InChI=1S/C16H17N3O5S/c1-19-12-5-9(3-4-13(12)24-6-10(17)15(19)20)23-7-14-18-11(8-25-14)16(21)22-2/h3-5,8,10H,6-7,17H2,1-2H3/t10-/m0/s1. The Morgan fingerprint density at radius 2 is 2.32 bits per heavy atom. The number of amides is 1. The molecule has 1 aliphatic rings. The third kappa shape index (κ3) is 3.57. The van der Waals surface area contributed by atoms with Crippen molar-refractivity contribution < 1.29 is 23.8 Å². The summed E-state index contributed by atoms with van der Waals surface area (Å²) in [6.07, 6.45) is 0. The minimum absolute atomic E-state index is 0.131. The molecule has 0 aliphatic carbocycles. The van der Waals surface area contributed by atoms with Crippen LogP contribution >= 0.6 is 11.3 Å². The molecule has 0 saturated heterocycles. The third-order valence-corrected chi connectivity index (χ3v) is 4.49. The molecule has 0 unspecified atom stereocenters. The van der Waals surface area contributed by atoms with Gasteiger partial charge >= 0.3 is 5.97 Å². The van der Waals surface area contributed by atoms with Crippen LogP contribution in [0.4, 0.5) is 5.69 Å². The number of nitrogens with two attached hydrogens (primary N) is 1. The number of aromatic nitrogens is 1. The average molecular weight is 363 g/mol. The molecule has 3 rings (SSSR count). The van der Waals surface area contributed by atoms with Gasteiger partial charge in [-0.1, -0.05) is 0 Å². The predicted molar refractivity (Wildman–Crippen MR) is 91.1 cm³/mol. The van der Waals surface area contributed by atoms with Crippen molar-refractivity contribution in [3.8, 4) is 11.5 Å². The number of nitrogens with zero attached hydrogens (tertiary/aromatic N) is 2. The van der Waals surface area contributed by atoms with Crippen LogP contribution in [-0.2, 0) is 16.1 Å². The first-order valence-electron chi connectivity index (χ1n) is 7.45. The Labute approximate surface area is 148 Å². The first-order valence-corrected chi connectivity index (χ1v) is 8.33. The maximum atomic E-state index is 12.1. The van der Waals surface area contributed by atoms with Gasteiger partial charge in [0.2, 0.25) is 5.91 Å². The van der Waals surface area contributed by atoms with E-state index in [4.69, 9.17) is 15.2 Å². The number of hydrogen-bond acceptors (Lipinski definition) is 8. The molecule has 1 amide bonds. The largest absolute Gasteiger partial charge is 0.489 e. The van der Waals surface area contributed by atoms with Crippen LogP contribution in [0.15, 0.2) is 23.6 Å².